The third kappa shape index (κ3) is 4.17. The number of morpholine rings is 1. The smallest absolute Gasteiger partial charge is 0.292 e. The van der Waals surface area contributed by atoms with E-state index in [-0.39, 0.29) is 23.8 Å². The van der Waals surface area contributed by atoms with Gasteiger partial charge in [-0.25, -0.2) is 0 Å². The zero-order valence-corrected chi connectivity index (χ0v) is 12.8. The molecule has 1 N–H and O–H groups in total. The molecule has 0 unspecified atom stereocenters. The van der Waals surface area contributed by atoms with Crippen LogP contribution in [0, 0.1) is 10.1 Å². The summed E-state index contributed by atoms with van der Waals surface area (Å²) in [7, 11) is 0. The quantitative estimate of drug-likeness (QED) is 0.664. The summed E-state index contributed by atoms with van der Waals surface area (Å²) in [6.07, 6.45) is 0.373. The first-order chi connectivity index (χ1) is 10.5. The summed E-state index contributed by atoms with van der Waals surface area (Å²) in [5.41, 5.74) is 0.451. The van der Waals surface area contributed by atoms with Crippen LogP contribution >= 0.6 is 0 Å². The van der Waals surface area contributed by atoms with Crippen molar-refractivity contribution in [3.8, 4) is 0 Å². The standard InChI is InChI=1S/C15H21N3O4/c1-11-9-17(10-12(2)22-11)15(19)7-8-16-13-5-3-4-6-14(13)18(20)21/h3-6,11-12,16H,7-10H2,1-2H3/t11-,12-/m0/s1. The lowest BCUT2D eigenvalue weighted by Gasteiger charge is -2.35. The van der Waals surface area contributed by atoms with Crippen LogP contribution in [0.15, 0.2) is 24.3 Å². The van der Waals surface area contributed by atoms with E-state index < -0.39 is 4.92 Å². The van der Waals surface area contributed by atoms with Gasteiger partial charge >= 0.3 is 0 Å². The molecule has 7 nitrogen and oxygen atoms in total. The number of nitro benzene ring substituents is 1. The molecule has 0 aliphatic carbocycles. The summed E-state index contributed by atoms with van der Waals surface area (Å²) in [5, 5.41) is 13.9. The fourth-order valence-corrected chi connectivity index (χ4v) is 2.63. The molecule has 2 rings (SSSR count). The topological polar surface area (TPSA) is 84.7 Å². The number of benzene rings is 1. The Balaban J connectivity index is 1.86. The highest BCUT2D eigenvalue weighted by Gasteiger charge is 2.25. The molecule has 1 saturated heterocycles. The van der Waals surface area contributed by atoms with Gasteiger partial charge in [-0.1, -0.05) is 12.1 Å². The van der Waals surface area contributed by atoms with Gasteiger partial charge in [0.05, 0.1) is 17.1 Å². The molecule has 1 aliphatic rings. The van der Waals surface area contributed by atoms with E-state index in [2.05, 4.69) is 5.32 Å². The maximum Gasteiger partial charge on any atom is 0.292 e. The Morgan fingerprint density at radius 3 is 2.64 bits per heavy atom. The van der Waals surface area contributed by atoms with Crippen molar-refractivity contribution >= 4 is 17.3 Å². The second-order valence-electron chi connectivity index (χ2n) is 5.51. The lowest BCUT2D eigenvalue weighted by atomic mass is 10.2. The number of hydrogen-bond acceptors (Lipinski definition) is 5. The number of rotatable bonds is 5. The fraction of sp³-hybridized carbons (Fsp3) is 0.533. The van der Waals surface area contributed by atoms with Crippen molar-refractivity contribution in [2.24, 2.45) is 0 Å². The number of nitrogens with one attached hydrogen (secondary N) is 1. The Morgan fingerprint density at radius 2 is 2.00 bits per heavy atom. The monoisotopic (exact) mass is 307 g/mol. The van der Waals surface area contributed by atoms with E-state index >= 15 is 0 Å². The molecule has 1 amide bonds. The van der Waals surface area contributed by atoms with Crippen molar-refractivity contribution in [1.82, 2.24) is 4.90 Å². The first kappa shape index (κ1) is 16.2. The number of nitro groups is 1. The van der Waals surface area contributed by atoms with E-state index in [0.717, 1.165) is 0 Å². The summed E-state index contributed by atoms with van der Waals surface area (Å²) in [5.74, 6) is 0.0353. The zero-order chi connectivity index (χ0) is 16.1. The predicted octanol–water partition coefficient (Wildman–Crippen LogP) is 2.03. The van der Waals surface area contributed by atoms with Crippen LogP contribution in [-0.2, 0) is 9.53 Å². The van der Waals surface area contributed by atoms with Crippen molar-refractivity contribution in [1.29, 1.82) is 0 Å². The van der Waals surface area contributed by atoms with Gasteiger partial charge in [0.25, 0.3) is 5.69 Å². The van der Waals surface area contributed by atoms with E-state index in [1.165, 1.54) is 6.07 Å². The van der Waals surface area contributed by atoms with Crippen molar-refractivity contribution < 1.29 is 14.5 Å². The Morgan fingerprint density at radius 1 is 1.36 bits per heavy atom. The van der Waals surface area contributed by atoms with Crippen molar-refractivity contribution in [3.05, 3.63) is 34.4 Å². The minimum absolute atomic E-state index is 0.0172. The molecule has 120 valence electrons. The molecule has 0 saturated carbocycles. The Bertz CT molecular complexity index is 539. The van der Waals surface area contributed by atoms with Gasteiger partial charge < -0.3 is 15.0 Å². The number of hydrogen-bond donors (Lipinski definition) is 1. The van der Waals surface area contributed by atoms with Crippen LogP contribution in [0.1, 0.15) is 20.3 Å². The van der Waals surface area contributed by atoms with Gasteiger partial charge in [-0.05, 0) is 19.9 Å². The summed E-state index contributed by atoms with van der Waals surface area (Å²) >= 11 is 0. The molecular formula is C15H21N3O4. The first-order valence-electron chi connectivity index (χ1n) is 7.38. The molecule has 0 radical (unpaired) electrons. The van der Waals surface area contributed by atoms with Crippen LogP contribution < -0.4 is 5.32 Å². The Labute approximate surface area is 129 Å². The third-order valence-electron chi connectivity index (χ3n) is 3.53. The van der Waals surface area contributed by atoms with Gasteiger partial charge in [-0.2, -0.15) is 0 Å². The number of carbonyl (C=O) groups excluding carboxylic acids is 1. The molecule has 1 heterocycles. The number of carbonyl (C=O) groups is 1. The Kier molecular flexibility index (Phi) is 5.32. The molecule has 0 aromatic heterocycles. The van der Waals surface area contributed by atoms with Gasteiger partial charge in [-0.15, -0.1) is 0 Å². The minimum atomic E-state index is -0.435. The number of amides is 1. The molecule has 0 spiro atoms. The average Bonchev–Trinajstić information content (AvgIpc) is 2.46. The molecule has 2 atom stereocenters. The van der Waals surface area contributed by atoms with Gasteiger partial charge in [-0.3, -0.25) is 14.9 Å². The van der Waals surface area contributed by atoms with Gasteiger partial charge in [0.1, 0.15) is 5.69 Å². The average molecular weight is 307 g/mol. The highest BCUT2D eigenvalue weighted by atomic mass is 16.6. The highest BCUT2D eigenvalue weighted by molar-refractivity contribution is 5.77. The molecule has 22 heavy (non-hydrogen) atoms. The molecule has 1 aromatic carbocycles. The van der Waals surface area contributed by atoms with Gasteiger partial charge in [0.2, 0.25) is 5.91 Å². The normalized spacial score (nSPS) is 21.5. The zero-order valence-electron chi connectivity index (χ0n) is 12.8. The largest absolute Gasteiger partial charge is 0.379 e. The lowest BCUT2D eigenvalue weighted by Crippen LogP contribution is -2.48. The van der Waals surface area contributed by atoms with Crippen LogP contribution in [-0.4, -0.2) is 47.6 Å². The van der Waals surface area contributed by atoms with Gasteiger partial charge in [0, 0.05) is 32.1 Å². The van der Waals surface area contributed by atoms with Crippen molar-refractivity contribution in [3.63, 3.8) is 0 Å². The van der Waals surface area contributed by atoms with E-state index in [4.69, 9.17) is 4.74 Å². The first-order valence-corrected chi connectivity index (χ1v) is 7.38. The number of nitrogens with zero attached hydrogens (tertiary/aromatic N) is 2. The van der Waals surface area contributed by atoms with Crippen molar-refractivity contribution in [2.45, 2.75) is 32.5 Å². The lowest BCUT2D eigenvalue weighted by molar-refractivity contribution is -0.384. The highest BCUT2D eigenvalue weighted by Crippen LogP contribution is 2.23. The molecule has 1 aromatic rings. The minimum Gasteiger partial charge on any atom is -0.379 e. The second kappa shape index (κ2) is 7.22. The summed E-state index contributed by atoms with van der Waals surface area (Å²) in [6, 6.07) is 6.42. The molecule has 0 bridgehead atoms. The van der Waals surface area contributed by atoms with E-state index in [9.17, 15) is 14.9 Å². The van der Waals surface area contributed by atoms with Crippen molar-refractivity contribution in [2.75, 3.05) is 25.0 Å². The fourth-order valence-electron chi connectivity index (χ4n) is 2.63. The van der Waals surface area contributed by atoms with Crippen LogP contribution in [0.5, 0.6) is 0 Å². The predicted molar refractivity (Wildman–Crippen MR) is 82.8 cm³/mol. The van der Waals surface area contributed by atoms with Crippen LogP contribution in [0.2, 0.25) is 0 Å². The summed E-state index contributed by atoms with van der Waals surface area (Å²) in [4.78, 5) is 24.5. The van der Waals surface area contributed by atoms with E-state index in [0.29, 0.717) is 31.7 Å². The van der Waals surface area contributed by atoms with E-state index in [1.807, 2.05) is 13.8 Å². The van der Waals surface area contributed by atoms with Crippen LogP contribution in [0.25, 0.3) is 0 Å². The van der Waals surface area contributed by atoms with Crippen LogP contribution in [0.3, 0.4) is 0 Å². The Hall–Kier alpha value is -2.15. The molecule has 1 aliphatic heterocycles. The second-order valence-corrected chi connectivity index (χ2v) is 5.51. The number of anilines is 1. The molecular weight excluding hydrogens is 286 g/mol. The third-order valence-corrected chi connectivity index (χ3v) is 3.53. The summed E-state index contributed by atoms with van der Waals surface area (Å²) < 4.78 is 5.60. The number of ether oxygens (including phenoxy) is 1. The molecule has 7 heteroatoms. The summed E-state index contributed by atoms with van der Waals surface area (Å²) in [6.45, 7) is 5.44. The SMILES string of the molecule is C[C@H]1CN(C(=O)CCNc2ccccc2[N+](=O)[O-])C[C@H](C)O1. The van der Waals surface area contributed by atoms with E-state index in [1.54, 1.807) is 23.1 Å². The number of para-hydroxylation sites is 2. The molecule has 1 fully saturated rings. The van der Waals surface area contributed by atoms with Crippen LogP contribution in [0.4, 0.5) is 11.4 Å². The maximum atomic E-state index is 12.2. The maximum absolute atomic E-state index is 12.2. The van der Waals surface area contributed by atoms with Gasteiger partial charge in [0.15, 0.2) is 0 Å².